The van der Waals surface area contributed by atoms with Crippen LogP contribution in [0, 0.1) is 17.8 Å². The monoisotopic (exact) mass is 247 g/mol. The normalized spacial score (nSPS) is 26.3. The van der Waals surface area contributed by atoms with Crippen LogP contribution in [0.15, 0.2) is 24.3 Å². The van der Waals surface area contributed by atoms with E-state index in [9.17, 15) is 9.59 Å². The van der Waals surface area contributed by atoms with Gasteiger partial charge in [-0.15, -0.1) is 0 Å². The molecule has 0 aromatic heterocycles. The molecule has 2 amide bonds. The first-order chi connectivity index (χ1) is 8.61. The molecule has 1 saturated heterocycles. The van der Waals surface area contributed by atoms with Crippen LogP contribution in [0.1, 0.15) is 33.1 Å². The van der Waals surface area contributed by atoms with E-state index >= 15 is 0 Å². The number of hydrogen-bond acceptors (Lipinski definition) is 2. The molecule has 0 spiro atoms. The molecule has 3 nitrogen and oxygen atoms in total. The smallest absolute Gasteiger partial charge is 0.237 e. The van der Waals surface area contributed by atoms with Gasteiger partial charge in [0.25, 0.3) is 0 Å². The second-order valence-electron chi connectivity index (χ2n) is 5.54. The van der Waals surface area contributed by atoms with Gasteiger partial charge in [0.2, 0.25) is 11.8 Å². The lowest BCUT2D eigenvalue weighted by molar-refractivity contribution is -0.139. The SMILES string of the molecule is CC(C)CCCCN1C(=O)C2C=CC=CC2C1=O. The van der Waals surface area contributed by atoms with Gasteiger partial charge >= 0.3 is 0 Å². The third-order valence-electron chi connectivity index (χ3n) is 3.65. The minimum atomic E-state index is -0.243. The summed E-state index contributed by atoms with van der Waals surface area (Å²) in [6.07, 6.45) is 10.6. The fourth-order valence-electron chi connectivity index (χ4n) is 2.59. The molecule has 0 radical (unpaired) electrons. The van der Waals surface area contributed by atoms with Gasteiger partial charge in [0.15, 0.2) is 0 Å². The zero-order valence-electron chi connectivity index (χ0n) is 11.1. The van der Waals surface area contributed by atoms with Crippen LogP contribution >= 0.6 is 0 Å². The molecule has 2 aliphatic rings. The average molecular weight is 247 g/mol. The number of unbranched alkanes of at least 4 members (excludes halogenated alkanes) is 1. The molecule has 3 heteroatoms. The summed E-state index contributed by atoms with van der Waals surface area (Å²) in [6.45, 7) is 4.96. The van der Waals surface area contributed by atoms with E-state index in [1.54, 1.807) is 0 Å². The van der Waals surface area contributed by atoms with Crippen LogP contribution in [0.2, 0.25) is 0 Å². The number of fused-ring (bicyclic) bond motifs is 1. The third-order valence-corrected chi connectivity index (χ3v) is 3.65. The van der Waals surface area contributed by atoms with Crippen LogP contribution in [0.4, 0.5) is 0 Å². The third kappa shape index (κ3) is 2.55. The minimum absolute atomic E-state index is 0.0184. The molecular formula is C15H21NO2. The van der Waals surface area contributed by atoms with Crippen molar-refractivity contribution in [2.45, 2.75) is 33.1 Å². The van der Waals surface area contributed by atoms with Crippen LogP contribution < -0.4 is 0 Å². The summed E-state index contributed by atoms with van der Waals surface area (Å²) >= 11 is 0. The second-order valence-corrected chi connectivity index (χ2v) is 5.54. The van der Waals surface area contributed by atoms with Crippen molar-refractivity contribution in [3.63, 3.8) is 0 Å². The van der Waals surface area contributed by atoms with Crippen LogP contribution in [-0.4, -0.2) is 23.3 Å². The standard InChI is InChI=1S/C15H21NO2/c1-11(2)7-5-6-10-16-14(17)12-8-3-4-9-13(12)15(16)18/h3-4,8-9,11-13H,5-7,10H2,1-2H3. The average Bonchev–Trinajstić information content (AvgIpc) is 2.59. The van der Waals surface area contributed by atoms with Gasteiger partial charge in [0.1, 0.15) is 0 Å². The molecule has 18 heavy (non-hydrogen) atoms. The largest absolute Gasteiger partial charge is 0.282 e. The zero-order chi connectivity index (χ0) is 13.1. The van der Waals surface area contributed by atoms with Gasteiger partial charge in [-0.25, -0.2) is 0 Å². The molecule has 98 valence electrons. The fourth-order valence-corrected chi connectivity index (χ4v) is 2.59. The van der Waals surface area contributed by atoms with E-state index in [2.05, 4.69) is 13.8 Å². The minimum Gasteiger partial charge on any atom is -0.282 e. The Morgan fingerprint density at radius 3 is 2.11 bits per heavy atom. The first-order valence-electron chi connectivity index (χ1n) is 6.81. The Hall–Kier alpha value is -1.38. The van der Waals surface area contributed by atoms with Crippen LogP contribution in [0.25, 0.3) is 0 Å². The molecule has 0 saturated carbocycles. The van der Waals surface area contributed by atoms with Gasteiger partial charge in [-0.2, -0.15) is 0 Å². The summed E-state index contributed by atoms with van der Waals surface area (Å²) in [6, 6.07) is 0. The highest BCUT2D eigenvalue weighted by molar-refractivity contribution is 6.07. The Morgan fingerprint density at radius 2 is 1.61 bits per heavy atom. The maximum absolute atomic E-state index is 12.1. The Balaban J connectivity index is 1.90. The predicted octanol–water partition coefficient (Wildman–Crippen LogP) is 2.54. The number of likely N-dealkylation sites (tertiary alicyclic amines) is 1. The van der Waals surface area contributed by atoms with Gasteiger partial charge in [0.05, 0.1) is 11.8 Å². The number of carbonyl (C=O) groups is 2. The summed E-state index contributed by atoms with van der Waals surface area (Å²) in [5.74, 6) is 0.161. The Labute approximate surface area is 109 Å². The van der Waals surface area contributed by atoms with E-state index in [0.717, 1.165) is 19.3 Å². The first kappa shape index (κ1) is 13.1. The summed E-state index contributed by atoms with van der Waals surface area (Å²) < 4.78 is 0. The molecule has 1 fully saturated rings. The van der Waals surface area contributed by atoms with Crippen molar-refractivity contribution in [3.05, 3.63) is 24.3 Å². The summed E-state index contributed by atoms with van der Waals surface area (Å²) in [5.41, 5.74) is 0. The molecule has 1 aliphatic heterocycles. The molecule has 1 heterocycles. The van der Waals surface area contributed by atoms with Crippen molar-refractivity contribution in [3.8, 4) is 0 Å². The Kier molecular flexibility index (Phi) is 4.00. The lowest BCUT2D eigenvalue weighted by atomic mass is 9.91. The predicted molar refractivity (Wildman–Crippen MR) is 70.7 cm³/mol. The molecule has 0 aromatic carbocycles. The molecule has 2 unspecified atom stereocenters. The van der Waals surface area contributed by atoms with Crippen molar-refractivity contribution < 1.29 is 9.59 Å². The number of hydrogen-bond donors (Lipinski definition) is 0. The zero-order valence-corrected chi connectivity index (χ0v) is 11.1. The highest BCUT2D eigenvalue weighted by Crippen LogP contribution is 2.31. The number of allylic oxidation sites excluding steroid dienone is 2. The quantitative estimate of drug-likeness (QED) is 0.553. The van der Waals surface area contributed by atoms with Crippen molar-refractivity contribution in [1.82, 2.24) is 4.90 Å². The van der Waals surface area contributed by atoms with E-state index in [-0.39, 0.29) is 23.7 Å². The topological polar surface area (TPSA) is 37.4 Å². The maximum Gasteiger partial charge on any atom is 0.237 e. The molecule has 0 bridgehead atoms. The van der Waals surface area contributed by atoms with Gasteiger partial charge in [-0.3, -0.25) is 14.5 Å². The van der Waals surface area contributed by atoms with Crippen molar-refractivity contribution in [2.24, 2.45) is 17.8 Å². The highest BCUT2D eigenvalue weighted by Gasteiger charge is 2.44. The van der Waals surface area contributed by atoms with E-state index in [1.807, 2.05) is 24.3 Å². The number of rotatable bonds is 5. The van der Waals surface area contributed by atoms with Crippen molar-refractivity contribution in [1.29, 1.82) is 0 Å². The lowest BCUT2D eigenvalue weighted by Gasteiger charge is -2.14. The number of amides is 2. The van der Waals surface area contributed by atoms with Gasteiger partial charge in [-0.1, -0.05) is 51.0 Å². The molecule has 2 rings (SSSR count). The highest BCUT2D eigenvalue weighted by atomic mass is 16.2. The van der Waals surface area contributed by atoms with Crippen molar-refractivity contribution in [2.75, 3.05) is 6.54 Å². The maximum atomic E-state index is 12.1. The lowest BCUT2D eigenvalue weighted by Crippen LogP contribution is -2.31. The van der Waals surface area contributed by atoms with Gasteiger partial charge in [0, 0.05) is 6.54 Å². The van der Waals surface area contributed by atoms with Crippen LogP contribution in [0.3, 0.4) is 0 Å². The van der Waals surface area contributed by atoms with Crippen LogP contribution in [0.5, 0.6) is 0 Å². The Morgan fingerprint density at radius 1 is 1.06 bits per heavy atom. The second kappa shape index (κ2) is 5.51. The molecule has 1 aliphatic carbocycles. The number of nitrogens with zero attached hydrogens (tertiary/aromatic N) is 1. The van der Waals surface area contributed by atoms with Gasteiger partial charge in [-0.05, 0) is 12.3 Å². The van der Waals surface area contributed by atoms with E-state index < -0.39 is 0 Å². The summed E-state index contributed by atoms with van der Waals surface area (Å²) in [5, 5.41) is 0. The van der Waals surface area contributed by atoms with Crippen molar-refractivity contribution >= 4 is 11.8 Å². The first-order valence-corrected chi connectivity index (χ1v) is 6.81. The molecule has 0 N–H and O–H groups in total. The Bertz CT molecular complexity index is 365. The van der Waals surface area contributed by atoms with Gasteiger partial charge < -0.3 is 0 Å². The molecule has 0 aromatic rings. The summed E-state index contributed by atoms with van der Waals surface area (Å²) in [7, 11) is 0. The number of carbonyl (C=O) groups excluding carboxylic acids is 2. The summed E-state index contributed by atoms with van der Waals surface area (Å²) in [4.78, 5) is 25.7. The molecular weight excluding hydrogens is 226 g/mol. The fraction of sp³-hybridized carbons (Fsp3) is 0.600. The van der Waals surface area contributed by atoms with E-state index in [1.165, 1.54) is 4.90 Å². The van der Waals surface area contributed by atoms with E-state index in [4.69, 9.17) is 0 Å². The van der Waals surface area contributed by atoms with Crippen LogP contribution in [-0.2, 0) is 9.59 Å². The molecule has 2 atom stereocenters. The van der Waals surface area contributed by atoms with E-state index in [0.29, 0.717) is 12.5 Å². The number of imide groups is 1.